The van der Waals surface area contributed by atoms with Crippen LogP contribution in [0.25, 0.3) is 0 Å². The van der Waals surface area contributed by atoms with Gasteiger partial charge in [-0.15, -0.1) is 23.7 Å². The zero-order valence-electron chi connectivity index (χ0n) is 10.2. The zero-order valence-corrected chi connectivity index (χ0v) is 11.8. The molecule has 0 spiro atoms. The van der Waals surface area contributed by atoms with Crippen LogP contribution in [0.4, 0.5) is 0 Å². The second kappa shape index (κ2) is 5.65. The number of hydrogen-bond donors (Lipinski definition) is 1. The molecule has 2 aliphatic rings. The lowest BCUT2D eigenvalue weighted by Gasteiger charge is -2.34. The van der Waals surface area contributed by atoms with Crippen molar-refractivity contribution in [2.24, 2.45) is 11.8 Å². The summed E-state index contributed by atoms with van der Waals surface area (Å²) in [4.78, 5) is 8.34. The summed E-state index contributed by atoms with van der Waals surface area (Å²) in [6.07, 6.45) is 3.41. The molecule has 2 unspecified atom stereocenters. The summed E-state index contributed by atoms with van der Waals surface area (Å²) in [7, 11) is 0. The van der Waals surface area contributed by atoms with Crippen LogP contribution in [0.15, 0.2) is 6.20 Å². The van der Waals surface area contributed by atoms with Gasteiger partial charge in [-0.2, -0.15) is 0 Å². The quantitative estimate of drug-likeness (QED) is 0.892. The van der Waals surface area contributed by atoms with Gasteiger partial charge in [-0.05, 0) is 44.8 Å². The summed E-state index contributed by atoms with van der Waals surface area (Å²) < 4.78 is 0. The molecule has 2 aliphatic heterocycles. The van der Waals surface area contributed by atoms with E-state index in [1.165, 1.54) is 42.5 Å². The van der Waals surface area contributed by atoms with E-state index in [1.807, 2.05) is 17.5 Å². The highest BCUT2D eigenvalue weighted by atomic mass is 35.5. The molecule has 1 N–H and O–H groups in total. The zero-order chi connectivity index (χ0) is 11.0. The molecule has 0 amide bonds. The summed E-state index contributed by atoms with van der Waals surface area (Å²) in [6, 6.07) is 0. The van der Waals surface area contributed by atoms with Crippen LogP contribution in [-0.4, -0.2) is 36.1 Å². The van der Waals surface area contributed by atoms with Crippen molar-refractivity contribution in [1.29, 1.82) is 0 Å². The van der Waals surface area contributed by atoms with Crippen LogP contribution < -0.4 is 5.32 Å². The summed E-state index contributed by atoms with van der Waals surface area (Å²) in [5, 5.41) is 4.70. The Labute approximate surface area is 113 Å². The normalized spacial score (nSPS) is 28.8. The lowest BCUT2D eigenvalue weighted by molar-refractivity contribution is 0.143. The first-order valence-electron chi connectivity index (χ1n) is 6.15. The highest BCUT2D eigenvalue weighted by molar-refractivity contribution is 7.11. The van der Waals surface area contributed by atoms with Gasteiger partial charge in [-0.3, -0.25) is 4.90 Å². The topological polar surface area (TPSA) is 28.2 Å². The minimum Gasteiger partial charge on any atom is -0.316 e. The van der Waals surface area contributed by atoms with Gasteiger partial charge in [0.15, 0.2) is 0 Å². The van der Waals surface area contributed by atoms with E-state index in [1.54, 1.807) is 0 Å². The molecule has 17 heavy (non-hydrogen) atoms. The molecule has 0 aromatic carbocycles. The first kappa shape index (κ1) is 13.3. The van der Waals surface area contributed by atoms with E-state index in [4.69, 9.17) is 0 Å². The number of nitrogens with one attached hydrogen (secondary N) is 1. The third-order valence-corrected chi connectivity index (χ3v) is 4.73. The molecule has 0 saturated carbocycles. The number of aromatic nitrogens is 1. The predicted molar refractivity (Wildman–Crippen MR) is 73.8 cm³/mol. The summed E-state index contributed by atoms with van der Waals surface area (Å²) in [6.45, 7) is 8.20. The van der Waals surface area contributed by atoms with E-state index in [0.29, 0.717) is 0 Å². The number of halogens is 1. The first-order chi connectivity index (χ1) is 7.81. The molecule has 3 rings (SSSR count). The fourth-order valence-corrected chi connectivity index (χ4v) is 3.79. The van der Waals surface area contributed by atoms with Crippen LogP contribution in [0.3, 0.4) is 0 Å². The van der Waals surface area contributed by atoms with Crippen molar-refractivity contribution in [2.45, 2.75) is 19.9 Å². The molecule has 3 nitrogen and oxygen atoms in total. The van der Waals surface area contributed by atoms with Gasteiger partial charge < -0.3 is 5.32 Å². The minimum atomic E-state index is 0. The maximum atomic E-state index is 4.33. The van der Waals surface area contributed by atoms with Crippen molar-refractivity contribution in [3.63, 3.8) is 0 Å². The van der Waals surface area contributed by atoms with Gasteiger partial charge in [0.25, 0.3) is 0 Å². The van der Waals surface area contributed by atoms with Crippen molar-refractivity contribution in [3.8, 4) is 0 Å². The highest BCUT2D eigenvalue weighted by Crippen LogP contribution is 2.27. The second-order valence-corrected chi connectivity index (χ2v) is 6.37. The standard InChI is InChI=1S/C12H19N3S.ClH/c1-9-14-6-12(16-9)8-15-3-2-10-4-13-5-11(10)7-15;/h6,10-11,13H,2-5,7-8H2,1H3;1H. The fourth-order valence-electron chi connectivity index (χ4n) is 2.95. The number of thiazole rings is 1. The number of piperidine rings is 1. The van der Waals surface area contributed by atoms with Crippen molar-refractivity contribution in [2.75, 3.05) is 26.2 Å². The number of rotatable bonds is 2. The smallest absolute Gasteiger partial charge is 0.0897 e. The summed E-state index contributed by atoms with van der Waals surface area (Å²) >= 11 is 1.84. The Hall–Kier alpha value is -0.160. The molecule has 2 fully saturated rings. The van der Waals surface area contributed by atoms with E-state index < -0.39 is 0 Å². The van der Waals surface area contributed by atoms with Crippen molar-refractivity contribution in [3.05, 3.63) is 16.1 Å². The molecule has 3 heterocycles. The largest absolute Gasteiger partial charge is 0.316 e. The van der Waals surface area contributed by atoms with Gasteiger partial charge in [0.1, 0.15) is 0 Å². The maximum Gasteiger partial charge on any atom is 0.0897 e. The number of aryl methyl sites for hydroxylation is 1. The van der Waals surface area contributed by atoms with Crippen molar-refractivity contribution in [1.82, 2.24) is 15.2 Å². The van der Waals surface area contributed by atoms with Crippen LogP contribution in [0, 0.1) is 18.8 Å². The Morgan fingerprint density at radius 3 is 3.06 bits per heavy atom. The predicted octanol–water partition coefficient (Wildman–Crippen LogP) is 1.91. The molecule has 96 valence electrons. The van der Waals surface area contributed by atoms with Crippen molar-refractivity contribution >= 4 is 23.7 Å². The molecule has 2 saturated heterocycles. The molecule has 0 bridgehead atoms. The monoisotopic (exact) mass is 273 g/mol. The molecular formula is C12H20ClN3S. The first-order valence-corrected chi connectivity index (χ1v) is 6.97. The fraction of sp³-hybridized carbons (Fsp3) is 0.750. The lowest BCUT2D eigenvalue weighted by Crippen LogP contribution is -2.39. The molecule has 1 aromatic heterocycles. The SMILES string of the molecule is Cc1ncc(CN2CCC3CNCC3C2)s1.Cl. The van der Waals surface area contributed by atoms with Gasteiger partial charge in [-0.25, -0.2) is 4.98 Å². The van der Waals surface area contributed by atoms with E-state index in [0.717, 1.165) is 18.4 Å². The third-order valence-electron chi connectivity index (χ3n) is 3.84. The lowest BCUT2D eigenvalue weighted by atomic mass is 9.89. The number of fused-ring (bicyclic) bond motifs is 1. The van der Waals surface area contributed by atoms with E-state index >= 15 is 0 Å². The molecule has 0 radical (unpaired) electrons. The van der Waals surface area contributed by atoms with Gasteiger partial charge in [-0.1, -0.05) is 0 Å². The van der Waals surface area contributed by atoms with Crippen LogP contribution in [-0.2, 0) is 6.54 Å². The second-order valence-electron chi connectivity index (χ2n) is 5.05. The van der Waals surface area contributed by atoms with Crippen LogP contribution in [0.5, 0.6) is 0 Å². The van der Waals surface area contributed by atoms with E-state index in [-0.39, 0.29) is 12.4 Å². The molecule has 2 atom stereocenters. The Morgan fingerprint density at radius 2 is 2.29 bits per heavy atom. The maximum absolute atomic E-state index is 4.33. The minimum absolute atomic E-state index is 0. The average Bonchev–Trinajstić information content (AvgIpc) is 2.87. The Morgan fingerprint density at radius 1 is 1.47 bits per heavy atom. The molecule has 1 aromatic rings. The van der Waals surface area contributed by atoms with E-state index in [2.05, 4.69) is 22.1 Å². The molecule has 0 aliphatic carbocycles. The average molecular weight is 274 g/mol. The summed E-state index contributed by atoms with van der Waals surface area (Å²) in [5.74, 6) is 1.84. The highest BCUT2D eigenvalue weighted by Gasteiger charge is 2.32. The Kier molecular flexibility index (Phi) is 4.42. The Bertz CT molecular complexity index is 368. The van der Waals surface area contributed by atoms with Gasteiger partial charge in [0.05, 0.1) is 5.01 Å². The third kappa shape index (κ3) is 2.99. The van der Waals surface area contributed by atoms with Crippen LogP contribution >= 0.6 is 23.7 Å². The van der Waals surface area contributed by atoms with Gasteiger partial charge >= 0.3 is 0 Å². The van der Waals surface area contributed by atoms with Gasteiger partial charge in [0, 0.05) is 24.2 Å². The number of hydrogen-bond acceptors (Lipinski definition) is 4. The van der Waals surface area contributed by atoms with Crippen molar-refractivity contribution < 1.29 is 0 Å². The van der Waals surface area contributed by atoms with Gasteiger partial charge in [0.2, 0.25) is 0 Å². The Balaban J connectivity index is 0.00000108. The molecule has 5 heteroatoms. The summed E-state index contributed by atoms with van der Waals surface area (Å²) in [5.41, 5.74) is 0. The number of likely N-dealkylation sites (tertiary alicyclic amines) is 1. The van der Waals surface area contributed by atoms with Crippen LogP contribution in [0.1, 0.15) is 16.3 Å². The van der Waals surface area contributed by atoms with Crippen LogP contribution in [0.2, 0.25) is 0 Å². The van der Waals surface area contributed by atoms with E-state index in [9.17, 15) is 0 Å². The number of nitrogens with zero attached hydrogens (tertiary/aromatic N) is 2. The molecular weight excluding hydrogens is 254 g/mol.